The number of rotatable bonds is 8. The number of carbonyl (C=O) groups is 1. The first kappa shape index (κ1) is 22.3. The quantitative estimate of drug-likeness (QED) is 0.303. The van der Waals surface area contributed by atoms with E-state index in [0.29, 0.717) is 23.0 Å². The maximum Gasteiger partial charge on any atom is 0.173 e. The summed E-state index contributed by atoms with van der Waals surface area (Å²) in [4.78, 5) is 12.6. The molecule has 5 nitrogen and oxygen atoms in total. The van der Waals surface area contributed by atoms with Gasteiger partial charge in [-0.1, -0.05) is 55.3 Å². The van der Waals surface area contributed by atoms with Gasteiger partial charge in [0.15, 0.2) is 17.3 Å². The van der Waals surface area contributed by atoms with Crippen LogP contribution in [0.1, 0.15) is 53.9 Å². The van der Waals surface area contributed by atoms with Gasteiger partial charge in [0.05, 0.1) is 25.7 Å². The normalized spacial score (nSPS) is 14.2. The van der Waals surface area contributed by atoms with Crippen molar-refractivity contribution in [2.24, 2.45) is 0 Å². The number of ketones is 1. The number of Topliss-reactive ketones (excluding diaryl/α,β-unsaturated/α-hetero) is 1. The van der Waals surface area contributed by atoms with Crippen molar-refractivity contribution in [3.8, 4) is 22.8 Å². The molecule has 1 saturated carbocycles. The molecule has 6 heteroatoms. The fourth-order valence-corrected chi connectivity index (χ4v) is 4.85. The number of carbonyl (C=O) groups excluding carboxylic acids is 1. The second-order valence-electron chi connectivity index (χ2n) is 8.00. The Balaban J connectivity index is 1.36. The van der Waals surface area contributed by atoms with E-state index >= 15 is 0 Å². The Kier molecular flexibility index (Phi) is 7.43. The minimum Gasteiger partial charge on any atom is -0.493 e. The number of ether oxygens (including phenoxy) is 2. The molecule has 4 rings (SSSR count). The predicted molar refractivity (Wildman–Crippen MR) is 128 cm³/mol. The molecule has 0 bridgehead atoms. The molecule has 1 aromatic heterocycles. The van der Waals surface area contributed by atoms with E-state index in [1.165, 1.54) is 49.4 Å². The van der Waals surface area contributed by atoms with Gasteiger partial charge in [0, 0.05) is 11.1 Å². The standard InChI is InChI=1S/C26H28N2O3S/c1-30-24-14-12-21(16-25(24)31-2)23(29)17-32-26-15-13-22(27-28-26)20-10-8-19(9-11-20)18-6-4-3-5-7-18/h8-16,18H,3-7,17H2,1-2H3. The van der Waals surface area contributed by atoms with Gasteiger partial charge < -0.3 is 9.47 Å². The smallest absolute Gasteiger partial charge is 0.173 e. The molecule has 2 aromatic carbocycles. The minimum absolute atomic E-state index is 0.000121. The number of methoxy groups -OCH3 is 2. The summed E-state index contributed by atoms with van der Waals surface area (Å²) in [6.45, 7) is 0. The molecule has 0 aliphatic heterocycles. The lowest BCUT2D eigenvalue weighted by molar-refractivity contribution is 0.102. The maximum atomic E-state index is 12.6. The molecule has 32 heavy (non-hydrogen) atoms. The van der Waals surface area contributed by atoms with E-state index in [1.807, 2.05) is 12.1 Å². The number of hydrogen-bond donors (Lipinski definition) is 0. The molecule has 0 N–H and O–H groups in total. The lowest BCUT2D eigenvalue weighted by atomic mass is 9.84. The first-order valence-electron chi connectivity index (χ1n) is 11.0. The van der Waals surface area contributed by atoms with E-state index in [0.717, 1.165) is 16.3 Å². The number of nitrogens with zero attached hydrogens (tertiary/aromatic N) is 2. The van der Waals surface area contributed by atoms with Crippen LogP contribution in [0.3, 0.4) is 0 Å². The fourth-order valence-electron chi connectivity index (χ4n) is 4.15. The maximum absolute atomic E-state index is 12.6. The van der Waals surface area contributed by atoms with Crippen molar-refractivity contribution < 1.29 is 14.3 Å². The van der Waals surface area contributed by atoms with Crippen LogP contribution in [0.4, 0.5) is 0 Å². The molecular weight excluding hydrogens is 420 g/mol. The van der Waals surface area contributed by atoms with Crippen molar-refractivity contribution in [2.45, 2.75) is 43.0 Å². The van der Waals surface area contributed by atoms with Gasteiger partial charge in [-0.25, -0.2) is 0 Å². The van der Waals surface area contributed by atoms with Crippen LogP contribution in [0, 0.1) is 0 Å². The summed E-state index contributed by atoms with van der Waals surface area (Å²) >= 11 is 1.38. The number of benzene rings is 2. The largest absolute Gasteiger partial charge is 0.493 e. The van der Waals surface area contributed by atoms with Crippen molar-refractivity contribution in [1.82, 2.24) is 10.2 Å². The average molecular weight is 449 g/mol. The monoisotopic (exact) mass is 448 g/mol. The molecule has 1 heterocycles. The molecule has 1 aliphatic carbocycles. The van der Waals surface area contributed by atoms with E-state index in [1.54, 1.807) is 32.4 Å². The molecule has 3 aromatic rings. The van der Waals surface area contributed by atoms with Crippen molar-refractivity contribution in [3.05, 3.63) is 65.7 Å². The second-order valence-corrected chi connectivity index (χ2v) is 8.99. The highest BCUT2D eigenvalue weighted by atomic mass is 32.2. The second kappa shape index (κ2) is 10.6. The molecule has 0 unspecified atom stereocenters. The van der Waals surface area contributed by atoms with E-state index in [4.69, 9.17) is 9.47 Å². The van der Waals surface area contributed by atoms with Gasteiger partial charge in [-0.2, -0.15) is 0 Å². The Morgan fingerprint density at radius 2 is 1.66 bits per heavy atom. The van der Waals surface area contributed by atoms with Gasteiger partial charge in [-0.05, 0) is 54.7 Å². The zero-order chi connectivity index (χ0) is 22.3. The zero-order valence-electron chi connectivity index (χ0n) is 18.5. The van der Waals surface area contributed by atoms with Gasteiger partial charge in [0.25, 0.3) is 0 Å². The highest BCUT2D eigenvalue weighted by molar-refractivity contribution is 7.99. The predicted octanol–water partition coefficient (Wildman–Crippen LogP) is 6.18. The summed E-state index contributed by atoms with van der Waals surface area (Å²) in [7, 11) is 3.13. The summed E-state index contributed by atoms with van der Waals surface area (Å²) in [5, 5.41) is 9.41. The topological polar surface area (TPSA) is 61.3 Å². The van der Waals surface area contributed by atoms with E-state index in [2.05, 4.69) is 34.5 Å². The Morgan fingerprint density at radius 1 is 0.906 bits per heavy atom. The summed E-state index contributed by atoms with van der Waals surface area (Å²) in [6.07, 6.45) is 6.64. The summed E-state index contributed by atoms with van der Waals surface area (Å²) in [5.74, 6) is 2.12. The summed E-state index contributed by atoms with van der Waals surface area (Å²) in [6, 6.07) is 17.8. The Morgan fingerprint density at radius 3 is 2.31 bits per heavy atom. The van der Waals surface area contributed by atoms with E-state index < -0.39 is 0 Å². The summed E-state index contributed by atoms with van der Waals surface area (Å²) < 4.78 is 10.5. The third kappa shape index (κ3) is 5.30. The third-order valence-electron chi connectivity index (χ3n) is 5.98. The molecule has 0 spiro atoms. The van der Waals surface area contributed by atoms with Crippen molar-refractivity contribution in [1.29, 1.82) is 0 Å². The molecule has 0 saturated heterocycles. The van der Waals surface area contributed by atoms with E-state index in [-0.39, 0.29) is 11.5 Å². The molecule has 1 fully saturated rings. The molecule has 0 atom stereocenters. The fraction of sp³-hybridized carbons (Fsp3) is 0.346. The van der Waals surface area contributed by atoms with Crippen molar-refractivity contribution in [3.63, 3.8) is 0 Å². The first-order valence-corrected chi connectivity index (χ1v) is 12.0. The number of aromatic nitrogens is 2. The van der Waals surface area contributed by atoms with Crippen LogP contribution in [0.15, 0.2) is 59.6 Å². The summed E-state index contributed by atoms with van der Waals surface area (Å²) in [5.41, 5.74) is 3.92. The Labute approximate surface area is 193 Å². The van der Waals surface area contributed by atoms with Crippen molar-refractivity contribution in [2.75, 3.05) is 20.0 Å². The lowest BCUT2D eigenvalue weighted by Gasteiger charge is -2.22. The third-order valence-corrected chi connectivity index (χ3v) is 6.90. The first-order chi connectivity index (χ1) is 15.7. The van der Waals surface area contributed by atoms with Gasteiger partial charge in [0.1, 0.15) is 5.03 Å². The van der Waals surface area contributed by atoms with Crippen LogP contribution >= 0.6 is 11.8 Å². The zero-order valence-corrected chi connectivity index (χ0v) is 19.4. The molecule has 0 amide bonds. The molecule has 166 valence electrons. The minimum atomic E-state index is 0.000121. The Bertz CT molecular complexity index is 1050. The van der Waals surface area contributed by atoms with Crippen LogP contribution in [-0.4, -0.2) is 36.0 Å². The highest BCUT2D eigenvalue weighted by Gasteiger charge is 2.16. The van der Waals surface area contributed by atoms with Gasteiger partial charge in [-0.3, -0.25) is 4.79 Å². The lowest BCUT2D eigenvalue weighted by Crippen LogP contribution is -2.04. The number of hydrogen-bond acceptors (Lipinski definition) is 6. The van der Waals surface area contributed by atoms with E-state index in [9.17, 15) is 4.79 Å². The Hall–Kier alpha value is -2.86. The highest BCUT2D eigenvalue weighted by Crippen LogP contribution is 2.33. The molecule has 1 aliphatic rings. The molecular formula is C26H28N2O3S. The van der Waals surface area contributed by atoms with Gasteiger partial charge in [0.2, 0.25) is 0 Å². The average Bonchev–Trinajstić information content (AvgIpc) is 2.87. The molecule has 0 radical (unpaired) electrons. The van der Waals surface area contributed by atoms with Crippen LogP contribution in [0.5, 0.6) is 11.5 Å². The van der Waals surface area contributed by atoms with Gasteiger partial charge >= 0.3 is 0 Å². The number of thioether (sulfide) groups is 1. The SMILES string of the molecule is COc1ccc(C(=O)CSc2ccc(-c3ccc(C4CCCCC4)cc3)nn2)cc1OC. The van der Waals surface area contributed by atoms with Gasteiger partial charge in [-0.15, -0.1) is 10.2 Å². The van der Waals surface area contributed by atoms with Crippen LogP contribution < -0.4 is 9.47 Å². The van der Waals surface area contributed by atoms with Crippen molar-refractivity contribution >= 4 is 17.5 Å². The van der Waals surface area contributed by atoms with Crippen LogP contribution in [0.25, 0.3) is 11.3 Å². The van der Waals surface area contributed by atoms with Crippen LogP contribution in [-0.2, 0) is 0 Å². The van der Waals surface area contributed by atoms with Crippen LogP contribution in [0.2, 0.25) is 0 Å².